The zero-order chi connectivity index (χ0) is 29.8. The molecule has 0 heterocycles. The third kappa shape index (κ3) is 3.87. The third-order valence-corrected chi connectivity index (χ3v) is 14.8. The van der Waals surface area contributed by atoms with Gasteiger partial charge in [-0.3, -0.25) is 4.79 Å². The van der Waals surface area contributed by atoms with E-state index in [-0.39, 0.29) is 44.9 Å². The summed E-state index contributed by atoms with van der Waals surface area (Å²) in [7, 11) is 1.53. The van der Waals surface area contributed by atoms with E-state index in [0.29, 0.717) is 35.2 Å². The number of ether oxygens (including phenoxy) is 1. The monoisotopic (exact) mass is 563 g/mol. The summed E-state index contributed by atoms with van der Waals surface area (Å²) >= 11 is 0. The van der Waals surface area contributed by atoms with E-state index in [1.807, 2.05) is 13.0 Å². The molecular weight excluding hydrogens is 509 g/mol. The van der Waals surface area contributed by atoms with E-state index in [0.717, 1.165) is 31.2 Å². The number of carbonyl (C=O) groups is 1. The summed E-state index contributed by atoms with van der Waals surface area (Å²) in [4.78, 5) is 12.7. The standard InChI is InChI=1S/C37H54FNO2/c1-22-9-10-24(21-28(22)38)26-14-16-34(5)29(33(26,3)4)15-17-36(7)30(34)12-11-27-31-25(23(2)32(40)41-8)13-18-37(31,39)20-19-35(27,36)6/h9-10,14,21,23,25,27,29-31H,11-13,15-20,39H2,1-8H3/t23?,25-,27+,29-,30+,31+,34-,35+,36+,37-/m0/s1. The van der Waals surface area contributed by atoms with Crippen LogP contribution in [0.15, 0.2) is 24.3 Å². The summed E-state index contributed by atoms with van der Waals surface area (Å²) in [5.41, 5.74) is 10.9. The maximum absolute atomic E-state index is 14.7. The Balaban J connectivity index is 1.36. The van der Waals surface area contributed by atoms with E-state index in [1.54, 1.807) is 6.07 Å². The molecule has 3 nitrogen and oxygen atoms in total. The van der Waals surface area contributed by atoms with Crippen molar-refractivity contribution in [3.05, 3.63) is 41.2 Å². The highest BCUT2D eigenvalue weighted by molar-refractivity contribution is 5.72. The summed E-state index contributed by atoms with van der Waals surface area (Å²) in [5.74, 6) is 2.21. The molecule has 0 bridgehead atoms. The van der Waals surface area contributed by atoms with Crippen LogP contribution in [0.4, 0.5) is 4.39 Å². The van der Waals surface area contributed by atoms with E-state index in [9.17, 15) is 9.18 Å². The average Bonchev–Trinajstić information content (AvgIpc) is 3.27. The van der Waals surface area contributed by atoms with Crippen LogP contribution in [0.1, 0.15) is 110 Å². The van der Waals surface area contributed by atoms with Crippen LogP contribution in [0.25, 0.3) is 5.57 Å². The van der Waals surface area contributed by atoms with Gasteiger partial charge in [0.25, 0.3) is 0 Å². The maximum atomic E-state index is 14.7. The Labute approximate surface area is 248 Å². The predicted molar refractivity (Wildman–Crippen MR) is 164 cm³/mol. The molecule has 0 radical (unpaired) electrons. The number of methoxy groups -OCH3 is 1. The number of benzene rings is 1. The van der Waals surface area contributed by atoms with E-state index in [2.05, 4.69) is 53.7 Å². The smallest absolute Gasteiger partial charge is 0.308 e. The summed E-state index contributed by atoms with van der Waals surface area (Å²) in [6, 6.07) is 5.83. The van der Waals surface area contributed by atoms with E-state index >= 15 is 0 Å². The van der Waals surface area contributed by atoms with Crippen molar-refractivity contribution in [3.63, 3.8) is 0 Å². The molecule has 226 valence electrons. The molecule has 5 aliphatic carbocycles. The van der Waals surface area contributed by atoms with Crippen LogP contribution in [0.5, 0.6) is 0 Å². The van der Waals surface area contributed by atoms with Crippen molar-refractivity contribution >= 4 is 11.5 Å². The highest BCUT2D eigenvalue weighted by Gasteiger charge is 2.70. The largest absolute Gasteiger partial charge is 0.469 e. The first kappa shape index (κ1) is 29.4. The van der Waals surface area contributed by atoms with Gasteiger partial charge in [-0.05, 0) is 139 Å². The van der Waals surface area contributed by atoms with Crippen molar-refractivity contribution in [2.75, 3.05) is 7.11 Å². The fourth-order valence-corrected chi connectivity index (χ4v) is 12.5. The van der Waals surface area contributed by atoms with Gasteiger partial charge in [-0.25, -0.2) is 4.39 Å². The number of rotatable bonds is 3. The first-order valence-corrected chi connectivity index (χ1v) is 16.5. The van der Waals surface area contributed by atoms with Gasteiger partial charge in [-0.1, -0.05) is 59.8 Å². The molecule has 1 aromatic carbocycles. The topological polar surface area (TPSA) is 52.3 Å². The van der Waals surface area contributed by atoms with Crippen molar-refractivity contribution in [1.29, 1.82) is 0 Å². The molecule has 41 heavy (non-hydrogen) atoms. The number of fused-ring (bicyclic) bond motifs is 7. The van der Waals surface area contributed by atoms with Gasteiger partial charge in [0.05, 0.1) is 13.0 Å². The van der Waals surface area contributed by atoms with E-state index in [4.69, 9.17) is 10.5 Å². The Morgan fingerprint density at radius 1 is 0.976 bits per heavy atom. The average molecular weight is 564 g/mol. The van der Waals surface area contributed by atoms with Crippen LogP contribution in [0.2, 0.25) is 0 Å². The number of hydrogen-bond donors (Lipinski definition) is 1. The minimum Gasteiger partial charge on any atom is -0.469 e. The Kier molecular flexibility index (Phi) is 6.74. The van der Waals surface area contributed by atoms with Gasteiger partial charge in [0, 0.05) is 5.54 Å². The molecule has 0 saturated heterocycles. The van der Waals surface area contributed by atoms with Gasteiger partial charge in [0.1, 0.15) is 5.82 Å². The zero-order valence-electron chi connectivity index (χ0n) is 26.9. The Bertz CT molecular complexity index is 1270. The number of nitrogens with two attached hydrogens (primary N) is 1. The van der Waals surface area contributed by atoms with Gasteiger partial charge in [-0.15, -0.1) is 0 Å². The first-order valence-electron chi connectivity index (χ1n) is 16.5. The van der Waals surface area contributed by atoms with Crippen molar-refractivity contribution < 1.29 is 13.9 Å². The van der Waals surface area contributed by atoms with Crippen LogP contribution in [0, 0.1) is 69.9 Å². The fourth-order valence-electron chi connectivity index (χ4n) is 12.5. The Hall–Kier alpha value is -1.68. The zero-order valence-corrected chi connectivity index (χ0v) is 26.9. The van der Waals surface area contributed by atoms with E-state index < -0.39 is 0 Å². The third-order valence-electron chi connectivity index (χ3n) is 14.8. The minimum absolute atomic E-state index is 0.0146. The van der Waals surface area contributed by atoms with E-state index in [1.165, 1.54) is 44.8 Å². The molecule has 6 rings (SSSR count). The van der Waals surface area contributed by atoms with Crippen LogP contribution < -0.4 is 5.73 Å². The molecule has 0 aromatic heterocycles. The highest BCUT2D eigenvalue weighted by atomic mass is 19.1. The predicted octanol–water partition coefficient (Wildman–Crippen LogP) is 8.73. The molecule has 4 saturated carbocycles. The molecule has 0 spiro atoms. The lowest BCUT2D eigenvalue weighted by molar-refractivity contribution is -0.219. The molecule has 4 heteroatoms. The molecule has 1 aromatic rings. The Morgan fingerprint density at radius 3 is 2.39 bits per heavy atom. The quantitative estimate of drug-likeness (QED) is 0.374. The van der Waals surface area contributed by atoms with Crippen molar-refractivity contribution in [3.8, 4) is 0 Å². The number of allylic oxidation sites excluding steroid dienone is 2. The molecule has 1 unspecified atom stereocenters. The van der Waals surface area contributed by atoms with Crippen molar-refractivity contribution in [2.24, 2.45) is 62.9 Å². The van der Waals surface area contributed by atoms with Gasteiger partial charge in [-0.2, -0.15) is 0 Å². The molecule has 2 N–H and O–H groups in total. The lowest BCUT2D eigenvalue weighted by atomic mass is 9.33. The van der Waals surface area contributed by atoms with Crippen molar-refractivity contribution in [1.82, 2.24) is 0 Å². The van der Waals surface area contributed by atoms with Gasteiger partial charge < -0.3 is 10.5 Å². The number of esters is 1. The second kappa shape index (κ2) is 9.41. The molecular formula is C37H54FNO2. The second-order valence-corrected chi connectivity index (χ2v) is 16.4. The SMILES string of the molecule is COC(=O)C(C)[C@@H]1CC[C@]2(N)CC[C@]3(C)[C@H](CC[C@@H]4[C@@]5(C)CC=C(c6ccc(C)c(F)c6)C(C)(C)[C@@H]5CC[C@]43C)[C@@H]12. The maximum Gasteiger partial charge on any atom is 0.308 e. The number of hydrogen-bond acceptors (Lipinski definition) is 3. The van der Waals surface area contributed by atoms with Gasteiger partial charge >= 0.3 is 5.97 Å². The lowest BCUT2D eigenvalue weighted by Crippen LogP contribution is -2.67. The van der Waals surface area contributed by atoms with Crippen LogP contribution in [-0.4, -0.2) is 18.6 Å². The normalized spacial score (nSPS) is 45.4. The van der Waals surface area contributed by atoms with Crippen LogP contribution >= 0.6 is 0 Å². The summed E-state index contributed by atoms with van der Waals surface area (Å²) in [5, 5.41) is 0. The minimum atomic E-state index is -0.144. The molecule has 0 aliphatic heterocycles. The van der Waals surface area contributed by atoms with Crippen molar-refractivity contribution in [2.45, 2.75) is 112 Å². The Morgan fingerprint density at radius 2 is 1.71 bits per heavy atom. The van der Waals surface area contributed by atoms with Gasteiger partial charge in [0.15, 0.2) is 0 Å². The number of halogens is 1. The summed E-state index contributed by atoms with van der Waals surface area (Å²) in [6.07, 6.45) is 12.8. The summed E-state index contributed by atoms with van der Waals surface area (Å²) in [6.45, 7) is 16.6. The van der Waals surface area contributed by atoms with Crippen LogP contribution in [0.3, 0.4) is 0 Å². The highest BCUT2D eigenvalue weighted by Crippen LogP contribution is 2.76. The number of aryl methyl sites for hydroxylation is 1. The van der Waals surface area contributed by atoms with Crippen LogP contribution in [-0.2, 0) is 9.53 Å². The molecule has 0 amide bonds. The molecule has 5 aliphatic rings. The second-order valence-electron chi connectivity index (χ2n) is 16.4. The van der Waals surface area contributed by atoms with Gasteiger partial charge in [0.2, 0.25) is 0 Å². The molecule has 4 fully saturated rings. The lowest BCUT2D eigenvalue weighted by Gasteiger charge is -2.72. The fraction of sp³-hybridized carbons (Fsp3) is 0.757. The first-order chi connectivity index (χ1) is 19.1. The summed E-state index contributed by atoms with van der Waals surface area (Å²) < 4.78 is 19.9. The molecule has 10 atom stereocenters. The number of carbonyl (C=O) groups excluding carboxylic acids is 1.